The molecule has 1 atom stereocenters. The van der Waals surface area contributed by atoms with Gasteiger partial charge in [0.25, 0.3) is 0 Å². The molecule has 0 amide bonds. The third kappa shape index (κ3) is 2.02. The Morgan fingerprint density at radius 3 is 2.31 bits per heavy atom. The van der Waals surface area contributed by atoms with E-state index in [1.54, 1.807) is 0 Å². The minimum absolute atomic E-state index is 0.144. The maximum atomic E-state index is 6.38. The normalized spacial score (nSPS) is 36.2. The molecule has 92 valence electrons. The van der Waals surface area contributed by atoms with Crippen molar-refractivity contribution in [1.82, 2.24) is 0 Å². The number of nitrogens with two attached hydrogens (primary N) is 1. The van der Waals surface area contributed by atoms with Gasteiger partial charge < -0.3 is 10.5 Å². The SMILES string of the molecule is NC1(CC2CCC3(CCCCC3)O2)CCC1. The summed E-state index contributed by atoms with van der Waals surface area (Å²) in [5.74, 6) is 0. The second-order valence-electron chi connectivity index (χ2n) is 6.44. The van der Waals surface area contributed by atoms with Crippen molar-refractivity contribution < 1.29 is 4.74 Å². The largest absolute Gasteiger partial charge is 0.372 e. The van der Waals surface area contributed by atoms with Gasteiger partial charge in [-0.1, -0.05) is 19.3 Å². The monoisotopic (exact) mass is 223 g/mol. The summed E-state index contributed by atoms with van der Waals surface area (Å²) in [5.41, 5.74) is 6.75. The summed E-state index contributed by atoms with van der Waals surface area (Å²) < 4.78 is 6.38. The van der Waals surface area contributed by atoms with E-state index in [2.05, 4.69) is 0 Å². The van der Waals surface area contributed by atoms with E-state index in [-0.39, 0.29) is 11.1 Å². The summed E-state index contributed by atoms with van der Waals surface area (Å²) in [4.78, 5) is 0. The molecule has 2 N–H and O–H groups in total. The second-order valence-corrected chi connectivity index (χ2v) is 6.44. The highest BCUT2D eigenvalue weighted by Crippen LogP contribution is 2.45. The van der Waals surface area contributed by atoms with Crippen LogP contribution in [0, 0.1) is 0 Å². The van der Waals surface area contributed by atoms with E-state index in [4.69, 9.17) is 10.5 Å². The Hall–Kier alpha value is -0.0800. The molecular formula is C14H25NO. The first-order valence-corrected chi connectivity index (χ1v) is 7.17. The molecule has 0 bridgehead atoms. The van der Waals surface area contributed by atoms with Gasteiger partial charge in [0.1, 0.15) is 0 Å². The number of hydrogen-bond acceptors (Lipinski definition) is 2. The van der Waals surface area contributed by atoms with Crippen LogP contribution in [0.5, 0.6) is 0 Å². The molecule has 1 saturated heterocycles. The molecule has 1 heterocycles. The van der Waals surface area contributed by atoms with Crippen LogP contribution in [0.1, 0.15) is 70.6 Å². The lowest BCUT2D eigenvalue weighted by atomic mass is 9.74. The highest BCUT2D eigenvalue weighted by molar-refractivity contribution is 4.98. The zero-order valence-electron chi connectivity index (χ0n) is 10.3. The fourth-order valence-electron chi connectivity index (χ4n) is 3.89. The van der Waals surface area contributed by atoms with Crippen LogP contribution >= 0.6 is 0 Å². The van der Waals surface area contributed by atoms with E-state index in [0.29, 0.717) is 6.10 Å². The van der Waals surface area contributed by atoms with Crippen molar-refractivity contribution in [1.29, 1.82) is 0 Å². The molecule has 2 saturated carbocycles. The summed E-state index contributed by atoms with van der Waals surface area (Å²) in [5, 5.41) is 0. The van der Waals surface area contributed by atoms with Crippen LogP contribution in [-0.2, 0) is 4.74 Å². The van der Waals surface area contributed by atoms with Crippen LogP contribution in [0.3, 0.4) is 0 Å². The number of ether oxygens (including phenoxy) is 1. The van der Waals surface area contributed by atoms with Crippen molar-refractivity contribution in [3.63, 3.8) is 0 Å². The van der Waals surface area contributed by atoms with Gasteiger partial charge in [-0.3, -0.25) is 0 Å². The minimum Gasteiger partial charge on any atom is -0.372 e. The highest BCUT2D eigenvalue weighted by atomic mass is 16.5. The third-order valence-corrected chi connectivity index (χ3v) is 5.09. The average Bonchev–Trinajstić information content (AvgIpc) is 2.60. The van der Waals surface area contributed by atoms with Crippen molar-refractivity contribution in [3.8, 4) is 0 Å². The standard InChI is InChI=1S/C14H25NO/c15-13(6-4-7-13)11-12-5-10-14(16-12)8-2-1-3-9-14/h12H,1-11,15H2. The Balaban J connectivity index is 1.55. The van der Waals surface area contributed by atoms with Crippen molar-refractivity contribution in [2.45, 2.75) is 87.9 Å². The van der Waals surface area contributed by atoms with Gasteiger partial charge >= 0.3 is 0 Å². The Kier molecular flexibility index (Phi) is 2.75. The van der Waals surface area contributed by atoms with E-state index < -0.39 is 0 Å². The molecule has 2 aliphatic carbocycles. The van der Waals surface area contributed by atoms with Gasteiger partial charge in [-0.2, -0.15) is 0 Å². The molecule has 1 spiro atoms. The van der Waals surface area contributed by atoms with Gasteiger partial charge in [-0.15, -0.1) is 0 Å². The molecule has 3 fully saturated rings. The molecule has 0 aromatic rings. The van der Waals surface area contributed by atoms with Crippen LogP contribution in [0.15, 0.2) is 0 Å². The van der Waals surface area contributed by atoms with Crippen LogP contribution < -0.4 is 5.73 Å². The number of hydrogen-bond donors (Lipinski definition) is 1. The lowest BCUT2D eigenvalue weighted by Gasteiger charge is -2.41. The van der Waals surface area contributed by atoms with E-state index in [9.17, 15) is 0 Å². The maximum absolute atomic E-state index is 6.38. The quantitative estimate of drug-likeness (QED) is 0.780. The molecule has 2 heteroatoms. The Labute approximate surface area is 98.9 Å². The lowest BCUT2D eigenvalue weighted by Crippen LogP contribution is -2.49. The molecule has 0 aromatic heterocycles. The predicted octanol–water partition coefficient (Wildman–Crippen LogP) is 3.14. The Morgan fingerprint density at radius 2 is 1.69 bits per heavy atom. The zero-order chi connectivity index (χ0) is 11.1. The summed E-state index contributed by atoms with van der Waals surface area (Å²) in [6, 6.07) is 0. The van der Waals surface area contributed by atoms with Crippen LogP contribution in [-0.4, -0.2) is 17.2 Å². The molecule has 1 unspecified atom stereocenters. The highest BCUT2D eigenvalue weighted by Gasteiger charge is 2.44. The van der Waals surface area contributed by atoms with Gasteiger partial charge in [-0.25, -0.2) is 0 Å². The molecule has 2 nitrogen and oxygen atoms in total. The van der Waals surface area contributed by atoms with Crippen LogP contribution in [0.2, 0.25) is 0 Å². The maximum Gasteiger partial charge on any atom is 0.0687 e. The van der Waals surface area contributed by atoms with Crippen molar-refractivity contribution >= 4 is 0 Å². The smallest absolute Gasteiger partial charge is 0.0687 e. The summed E-state index contributed by atoms with van der Waals surface area (Å²) in [7, 11) is 0. The fraction of sp³-hybridized carbons (Fsp3) is 1.00. The predicted molar refractivity (Wildman–Crippen MR) is 65.3 cm³/mol. The van der Waals surface area contributed by atoms with Gasteiger partial charge in [0, 0.05) is 5.54 Å². The van der Waals surface area contributed by atoms with Crippen molar-refractivity contribution in [2.75, 3.05) is 0 Å². The Morgan fingerprint density at radius 1 is 0.938 bits per heavy atom. The molecule has 3 aliphatic rings. The topological polar surface area (TPSA) is 35.2 Å². The first kappa shape index (κ1) is 11.0. The van der Waals surface area contributed by atoms with Crippen molar-refractivity contribution in [2.24, 2.45) is 5.73 Å². The number of rotatable bonds is 2. The fourth-order valence-corrected chi connectivity index (χ4v) is 3.89. The second kappa shape index (κ2) is 3.99. The Bertz CT molecular complexity index is 253. The molecule has 0 radical (unpaired) electrons. The van der Waals surface area contributed by atoms with Gasteiger partial charge in [0.15, 0.2) is 0 Å². The van der Waals surface area contributed by atoms with E-state index in [1.807, 2.05) is 0 Å². The van der Waals surface area contributed by atoms with E-state index in [1.165, 1.54) is 64.2 Å². The third-order valence-electron chi connectivity index (χ3n) is 5.09. The molecule has 3 rings (SSSR count). The molecule has 1 aliphatic heterocycles. The minimum atomic E-state index is 0.144. The molecule has 16 heavy (non-hydrogen) atoms. The summed E-state index contributed by atoms with van der Waals surface area (Å²) in [6.07, 6.45) is 14.7. The first-order valence-electron chi connectivity index (χ1n) is 7.17. The molecular weight excluding hydrogens is 198 g/mol. The zero-order valence-corrected chi connectivity index (χ0v) is 10.3. The van der Waals surface area contributed by atoms with Crippen LogP contribution in [0.4, 0.5) is 0 Å². The summed E-state index contributed by atoms with van der Waals surface area (Å²) >= 11 is 0. The lowest BCUT2D eigenvalue weighted by molar-refractivity contribution is -0.0749. The van der Waals surface area contributed by atoms with Gasteiger partial charge in [0.05, 0.1) is 11.7 Å². The van der Waals surface area contributed by atoms with Gasteiger partial charge in [-0.05, 0) is 51.4 Å². The molecule has 0 aromatic carbocycles. The van der Waals surface area contributed by atoms with Gasteiger partial charge in [0.2, 0.25) is 0 Å². The van der Waals surface area contributed by atoms with Crippen LogP contribution in [0.25, 0.3) is 0 Å². The van der Waals surface area contributed by atoms with E-state index >= 15 is 0 Å². The first-order chi connectivity index (χ1) is 7.70. The summed E-state index contributed by atoms with van der Waals surface area (Å²) in [6.45, 7) is 0. The van der Waals surface area contributed by atoms with E-state index in [0.717, 1.165) is 6.42 Å². The average molecular weight is 223 g/mol. The van der Waals surface area contributed by atoms with Crippen molar-refractivity contribution in [3.05, 3.63) is 0 Å².